The molecule has 0 spiro atoms. The van der Waals surface area contributed by atoms with E-state index in [-0.39, 0.29) is 11.7 Å². The van der Waals surface area contributed by atoms with Gasteiger partial charge in [-0.05, 0) is 37.0 Å². The summed E-state index contributed by atoms with van der Waals surface area (Å²) in [5.74, 6) is 0.283. The number of hydrogen-bond donors (Lipinski definition) is 0. The summed E-state index contributed by atoms with van der Waals surface area (Å²) in [7, 11) is 0. The molecule has 1 aromatic carbocycles. The van der Waals surface area contributed by atoms with Crippen LogP contribution >= 0.6 is 0 Å². The van der Waals surface area contributed by atoms with Gasteiger partial charge in [0, 0.05) is 19.5 Å². The Balaban J connectivity index is 2.48. The van der Waals surface area contributed by atoms with Gasteiger partial charge in [0.25, 0.3) is 0 Å². The Hall–Kier alpha value is -1.65. The maximum Gasteiger partial charge on any atom is 0.387 e. The molecule has 0 N–H and O–H groups in total. The van der Waals surface area contributed by atoms with Crippen molar-refractivity contribution in [2.45, 2.75) is 46.1 Å². The van der Waals surface area contributed by atoms with E-state index in [4.69, 9.17) is 0 Å². The quantitative estimate of drug-likeness (QED) is 0.693. The third kappa shape index (κ3) is 6.56. The van der Waals surface area contributed by atoms with E-state index in [1.807, 2.05) is 4.90 Å². The molecular formula is C16H23F2NO2. The highest BCUT2D eigenvalue weighted by molar-refractivity contribution is 5.76. The standard InChI is InChI=1S/C16H23F2NO2/c1-3-11-19(12-4-2)15(20)10-7-13-5-8-14(9-6-13)21-16(17)18/h5-6,8-9,16H,3-4,7,10-12H2,1-2H3. The predicted molar refractivity (Wildman–Crippen MR) is 78.6 cm³/mol. The first-order valence-corrected chi connectivity index (χ1v) is 7.38. The lowest BCUT2D eigenvalue weighted by Gasteiger charge is -2.21. The van der Waals surface area contributed by atoms with Crippen molar-refractivity contribution in [1.29, 1.82) is 0 Å². The molecule has 0 atom stereocenters. The van der Waals surface area contributed by atoms with Crippen molar-refractivity contribution in [3.63, 3.8) is 0 Å². The minimum Gasteiger partial charge on any atom is -0.435 e. The van der Waals surface area contributed by atoms with E-state index >= 15 is 0 Å². The van der Waals surface area contributed by atoms with E-state index in [1.165, 1.54) is 12.1 Å². The molecular weight excluding hydrogens is 276 g/mol. The van der Waals surface area contributed by atoms with Gasteiger partial charge in [-0.3, -0.25) is 4.79 Å². The molecule has 0 saturated carbocycles. The highest BCUT2D eigenvalue weighted by Gasteiger charge is 2.11. The number of amides is 1. The van der Waals surface area contributed by atoms with Gasteiger partial charge in [-0.25, -0.2) is 0 Å². The Morgan fingerprint density at radius 3 is 2.19 bits per heavy atom. The molecule has 0 aliphatic rings. The fourth-order valence-electron chi connectivity index (χ4n) is 2.15. The zero-order chi connectivity index (χ0) is 15.7. The van der Waals surface area contributed by atoms with Gasteiger partial charge in [0.15, 0.2) is 0 Å². The lowest BCUT2D eigenvalue weighted by atomic mass is 10.1. The number of carbonyl (C=O) groups is 1. The molecule has 0 unspecified atom stereocenters. The van der Waals surface area contributed by atoms with E-state index in [9.17, 15) is 13.6 Å². The van der Waals surface area contributed by atoms with Gasteiger partial charge in [0.2, 0.25) is 5.91 Å². The van der Waals surface area contributed by atoms with E-state index in [0.717, 1.165) is 31.5 Å². The normalized spacial score (nSPS) is 10.7. The fraction of sp³-hybridized carbons (Fsp3) is 0.562. The number of carbonyl (C=O) groups excluding carboxylic acids is 1. The molecule has 0 heterocycles. The van der Waals surface area contributed by atoms with E-state index in [0.29, 0.717) is 12.8 Å². The van der Waals surface area contributed by atoms with E-state index < -0.39 is 6.61 Å². The van der Waals surface area contributed by atoms with Crippen LogP contribution < -0.4 is 4.74 Å². The summed E-state index contributed by atoms with van der Waals surface area (Å²) in [5.41, 5.74) is 0.943. The SMILES string of the molecule is CCCN(CCC)C(=O)CCc1ccc(OC(F)F)cc1. The molecule has 0 bridgehead atoms. The van der Waals surface area contributed by atoms with Gasteiger partial charge in [0.05, 0.1) is 0 Å². The summed E-state index contributed by atoms with van der Waals surface area (Å²) in [4.78, 5) is 14.0. The number of alkyl halides is 2. The zero-order valence-electron chi connectivity index (χ0n) is 12.6. The Morgan fingerprint density at radius 1 is 1.14 bits per heavy atom. The number of nitrogens with zero attached hydrogens (tertiary/aromatic N) is 1. The lowest BCUT2D eigenvalue weighted by molar-refractivity contribution is -0.131. The fourth-order valence-corrected chi connectivity index (χ4v) is 2.15. The lowest BCUT2D eigenvalue weighted by Crippen LogP contribution is -2.32. The van der Waals surface area contributed by atoms with Crippen LogP contribution in [-0.2, 0) is 11.2 Å². The van der Waals surface area contributed by atoms with Gasteiger partial charge in [0.1, 0.15) is 5.75 Å². The molecule has 1 rings (SSSR count). The van der Waals surface area contributed by atoms with Crippen molar-refractivity contribution in [3.05, 3.63) is 29.8 Å². The molecule has 1 aromatic rings. The minimum atomic E-state index is -2.81. The van der Waals surface area contributed by atoms with Crippen LogP contribution in [-0.4, -0.2) is 30.5 Å². The van der Waals surface area contributed by atoms with Crippen molar-refractivity contribution in [2.75, 3.05) is 13.1 Å². The molecule has 1 amide bonds. The first-order valence-electron chi connectivity index (χ1n) is 7.38. The Kier molecular flexibility index (Phi) is 7.72. The van der Waals surface area contributed by atoms with Crippen LogP contribution in [0.25, 0.3) is 0 Å². The van der Waals surface area contributed by atoms with Crippen LogP contribution in [0.3, 0.4) is 0 Å². The van der Waals surface area contributed by atoms with Crippen molar-refractivity contribution in [1.82, 2.24) is 4.90 Å². The van der Waals surface area contributed by atoms with Crippen LogP contribution in [0.5, 0.6) is 5.75 Å². The number of hydrogen-bond acceptors (Lipinski definition) is 2. The Bertz CT molecular complexity index is 415. The third-order valence-electron chi connectivity index (χ3n) is 3.12. The average molecular weight is 299 g/mol. The first-order chi connectivity index (χ1) is 10.1. The molecule has 0 radical (unpaired) electrons. The second kappa shape index (κ2) is 9.32. The van der Waals surface area contributed by atoms with Crippen molar-refractivity contribution in [3.8, 4) is 5.75 Å². The number of ether oxygens (including phenoxy) is 1. The largest absolute Gasteiger partial charge is 0.435 e. The second-order valence-corrected chi connectivity index (χ2v) is 4.90. The molecule has 118 valence electrons. The molecule has 21 heavy (non-hydrogen) atoms. The van der Waals surface area contributed by atoms with Crippen LogP contribution in [0.2, 0.25) is 0 Å². The molecule has 0 aliphatic carbocycles. The monoisotopic (exact) mass is 299 g/mol. The van der Waals surface area contributed by atoms with Crippen LogP contribution in [0.4, 0.5) is 8.78 Å². The summed E-state index contributed by atoms with van der Waals surface area (Å²) < 4.78 is 28.4. The van der Waals surface area contributed by atoms with Gasteiger partial charge in [-0.15, -0.1) is 0 Å². The first kappa shape index (κ1) is 17.4. The van der Waals surface area contributed by atoms with Gasteiger partial charge in [-0.1, -0.05) is 26.0 Å². The van der Waals surface area contributed by atoms with Crippen molar-refractivity contribution >= 4 is 5.91 Å². The van der Waals surface area contributed by atoms with Crippen LogP contribution in [0.15, 0.2) is 24.3 Å². The molecule has 0 fully saturated rings. The topological polar surface area (TPSA) is 29.5 Å². The van der Waals surface area contributed by atoms with Gasteiger partial charge >= 0.3 is 6.61 Å². The minimum absolute atomic E-state index is 0.138. The van der Waals surface area contributed by atoms with Gasteiger partial charge < -0.3 is 9.64 Å². The van der Waals surface area contributed by atoms with Gasteiger partial charge in [-0.2, -0.15) is 8.78 Å². The molecule has 5 heteroatoms. The second-order valence-electron chi connectivity index (χ2n) is 4.90. The maximum absolute atomic E-state index is 12.1. The third-order valence-corrected chi connectivity index (χ3v) is 3.12. The molecule has 3 nitrogen and oxygen atoms in total. The summed E-state index contributed by atoms with van der Waals surface area (Å²) in [5, 5.41) is 0. The summed E-state index contributed by atoms with van der Waals surface area (Å²) in [6.45, 7) is 2.87. The van der Waals surface area contributed by atoms with E-state index in [1.54, 1.807) is 12.1 Å². The molecule has 0 aromatic heterocycles. The predicted octanol–water partition coefficient (Wildman–Crippen LogP) is 3.87. The molecule has 0 saturated heterocycles. The van der Waals surface area contributed by atoms with Crippen LogP contribution in [0, 0.1) is 0 Å². The number of rotatable bonds is 9. The van der Waals surface area contributed by atoms with Crippen molar-refractivity contribution < 1.29 is 18.3 Å². The molecule has 0 aliphatic heterocycles. The summed E-state index contributed by atoms with van der Waals surface area (Å²) >= 11 is 0. The number of benzene rings is 1. The van der Waals surface area contributed by atoms with E-state index in [2.05, 4.69) is 18.6 Å². The smallest absolute Gasteiger partial charge is 0.387 e. The Labute approximate surface area is 124 Å². The highest BCUT2D eigenvalue weighted by Crippen LogP contribution is 2.16. The number of aryl methyl sites for hydroxylation is 1. The maximum atomic E-state index is 12.1. The zero-order valence-corrected chi connectivity index (χ0v) is 12.6. The summed E-state index contributed by atoms with van der Waals surface area (Å²) in [6, 6.07) is 6.44. The highest BCUT2D eigenvalue weighted by atomic mass is 19.3. The number of halogens is 2. The Morgan fingerprint density at radius 2 is 1.71 bits per heavy atom. The summed E-state index contributed by atoms with van der Waals surface area (Å²) in [6.07, 6.45) is 2.95. The van der Waals surface area contributed by atoms with Crippen LogP contribution in [0.1, 0.15) is 38.7 Å². The van der Waals surface area contributed by atoms with Crippen molar-refractivity contribution in [2.24, 2.45) is 0 Å². The average Bonchev–Trinajstić information content (AvgIpc) is 2.45.